The summed E-state index contributed by atoms with van der Waals surface area (Å²) in [4.78, 5) is 0. The van der Waals surface area contributed by atoms with Crippen molar-refractivity contribution in [3.8, 4) is 0 Å². The maximum atomic E-state index is 14.1. The van der Waals surface area contributed by atoms with E-state index in [0.717, 1.165) is 15.6 Å². The molecule has 0 heterocycles. The molecule has 0 saturated heterocycles. The van der Waals surface area contributed by atoms with Gasteiger partial charge in [0.05, 0.1) is 6.04 Å². The Morgan fingerprint density at radius 3 is 2.53 bits per heavy atom. The van der Waals surface area contributed by atoms with Gasteiger partial charge in [-0.15, -0.1) is 0 Å². The number of hydrogen-bond acceptors (Lipinski definition) is 1. The molecule has 2 rings (SSSR count). The minimum atomic E-state index is -0.300. The lowest BCUT2D eigenvalue weighted by Crippen LogP contribution is -2.20. The first-order valence-corrected chi connectivity index (χ1v) is 7.08. The average Bonchev–Trinajstić information content (AvgIpc) is 2.36. The van der Waals surface area contributed by atoms with Gasteiger partial charge in [0.1, 0.15) is 5.82 Å². The van der Waals surface area contributed by atoms with E-state index in [-0.39, 0.29) is 11.9 Å². The van der Waals surface area contributed by atoms with Gasteiger partial charge in [0.25, 0.3) is 0 Å². The van der Waals surface area contributed by atoms with Crippen molar-refractivity contribution in [3.05, 3.63) is 68.4 Å². The smallest absolute Gasteiger partial charge is 0.129 e. The predicted molar refractivity (Wildman–Crippen MR) is 81.2 cm³/mol. The quantitative estimate of drug-likeness (QED) is 0.840. The molecule has 0 radical (unpaired) electrons. The Balaban J connectivity index is 2.52. The third-order valence-electron chi connectivity index (χ3n) is 3.11. The molecule has 4 heteroatoms. The van der Waals surface area contributed by atoms with Gasteiger partial charge in [-0.1, -0.05) is 39.7 Å². The number of hydrogen-bond donors (Lipinski definition) is 1. The average molecular weight is 343 g/mol. The molecule has 0 saturated carbocycles. The molecule has 19 heavy (non-hydrogen) atoms. The van der Waals surface area contributed by atoms with Crippen molar-refractivity contribution in [1.82, 2.24) is 5.32 Å². The molecule has 1 atom stereocenters. The Bertz CT molecular complexity index is 601. The Kier molecular flexibility index (Phi) is 4.61. The monoisotopic (exact) mass is 341 g/mol. The van der Waals surface area contributed by atoms with E-state index in [1.54, 1.807) is 12.1 Å². The van der Waals surface area contributed by atoms with E-state index < -0.39 is 0 Å². The van der Waals surface area contributed by atoms with Crippen LogP contribution in [0.25, 0.3) is 0 Å². The summed E-state index contributed by atoms with van der Waals surface area (Å²) in [6, 6.07) is 10.6. The fraction of sp³-hybridized carbons (Fsp3) is 0.200. The van der Waals surface area contributed by atoms with Gasteiger partial charge in [0, 0.05) is 15.1 Å². The molecule has 2 aromatic carbocycles. The highest BCUT2D eigenvalue weighted by molar-refractivity contribution is 9.10. The van der Waals surface area contributed by atoms with E-state index in [4.69, 9.17) is 11.6 Å². The van der Waals surface area contributed by atoms with Crippen molar-refractivity contribution >= 4 is 27.5 Å². The SMILES string of the molecule is CNC(c1cc(Br)ccc1C)c1ccc(Cl)cc1F. The van der Waals surface area contributed by atoms with Crippen LogP contribution >= 0.6 is 27.5 Å². The molecule has 1 nitrogen and oxygen atoms in total. The van der Waals surface area contributed by atoms with Crippen molar-refractivity contribution in [2.75, 3.05) is 7.05 Å². The number of rotatable bonds is 3. The molecule has 2 aromatic rings. The van der Waals surface area contributed by atoms with Gasteiger partial charge in [-0.2, -0.15) is 0 Å². The molecular formula is C15H14BrClFN. The molecule has 0 aliphatic rings. The lowest BCUT2D eigenvalue weighted by atomic mass is 9.95. The highest BCUT2D eigenvalue weighted by atomic mass is 79.9. The summed E-state index contributed by atoms with van der Waals surface area (Å²) in [6.45, 7) is 2.01. The largest absolute Gasteiger partial charge is 0.309 e. The summed E-state index contributed by atoms with van der Waals surface area (Å²) in [5, 5.41) is 3.56. The Labute approximate surface area is 125 Å². The van der Waals surface area contributed by atoms with Gasteiger partial charge in [0.15, 0.2) is 0 Å². The summed E-state index contributed by atoms with van der Waals surface area (Å²) in [7, 11) is 1.82. The van der Waals surface area contributed by atoms with Crippen LogP contribution in [0.5, 0.6) is 0 Å². The Hall–Kier alpha value is -0.900. The topological polar surface area (TPSA) is 12.0 Å². The van der Waals surface area contributed by atoms with E-state index in [9.17, 15) is 4.39 Å². The molecule has 1 unspecified atom stereocenters. The zero-order chi connectivity index (χ0) is 14.0. The van der Waals surface area contributed by atoms with Gasteiger partial charge >= 0.3 is 0 Å². The fourth-order valence-electron chi connectivity index (χ4n) is 2.14. The maximum Gasteiger partial charge on any atom is 0.129 e. The third-order valence-corrected chi connectivity index (χ3v) is 3.84. The minimum absolute atomic E-state index is 0.199. The molecule has 0 fully saturated rings. The molecule has 1 N–H and O–H groups in total. The third kappa shape index (κ3) is 3.16. The second-order valence-corrected chi connectivity index (χ2v) is 5.74. The lowest BCUT2D eigenvalue weighted by molar-refractivity contribution is 0.575. The molecule has 0 spiro atoms. The molecule has 0 aliphatic carbocycles. The fourth-order valence-corrected chi connectivity index (χ4v) is 2.67. The van der Waals surface area contributed by atoms with E-state index in [1.165, 1.54) is 6.07 Å². The molecule has 0 amide bonds. The van der Waals surface area contributed by atoms with Crippen LogP contribution in [0.15, 0.2) is 40.9 Å². The van der Waals surface area contributed by atoms with Crippen LogP contribution < -0.4 is 5.32 Å². The first-order chi connectivity index (χ1) is 9.02. The van der Waals surface area contributed by atoms with Crippen LogP contribution in [0, 0.1) is 12.7 Å². The molecule has 100 valence electrons. The molecular weight excluding hydrogens is 329 g/mol. The van der Waals surface area contributed by atoms with Crippen LogP contribution in [-0.2, 0) is 0 Å². The number of nitrogens with one attached hydrogen (secondary N) is 1. The standard InChI is InChI=1S/C15H14BrClFN/c1-9-3-4-10(16)7-13(9)15(19-2)12-6-5-11(17)8-14(12)18/h3-8,15,19H,1-2H3. The zero-order valence-corrected chi connectivity index (χ0v) is 13.0. The Morgan fingerprint density at radius 1 is 1.16 bits per heavy atom. The molecule has 0 aliphatic heterocycles. The van der Waals surface area contributed by atoms with Gasteiger partial charge in [-0.25, -0.2) is 4.39 Å². The van der Waals surface area contributed by atoms with Crippen LogP contribution in [-0.4, -0.2) is 7.05 Å². The lowest BCUT2D eigenvalue weighted by Gasteiger charge is -2.20. The van der Waals surface area contributed by atoms with Crippen LogP contribution in [0.1, 0.15) is 22.7 Å². The normalized spacial score (nSPS) is 12.5. The van der Waals surface area contributed by atoms with Crippen molar-refractivity contribution in [3.63, 3.8) is 0 Å². The van der Waals surface area contributed by atoms with E-state index in [0.29, 0.717) is 10.6 Å². The van der Waals surface area contributed by atoms with Crippen LogP contribution in [0.4, 0.5) is 4.39 Å². The summed E-state index contributed by atoms with van der Waals surface area (Å²) < 4.78 is 15.0. The number of aryl methyl sites for hydroxylation is 1. The van der Waals surface area contributed by atoms with Crippen molar-refractivity contribution in [2.24, 2.45) is 0 Å². The van der Waals surface area contributed by atoms with Crippen molar-refractivity contribution in [1.29, 1.82) is 0 Å². The van der Waals surface area contributed by atoms with E-state index in [2.05, 4.69) is 21.2 Å². The van der Waals surface area contributed by atoms with Crippen LogP contribution in [0.3, 0.4) is 0 Å². The number of benzene rings is 2. The van der Waals surface area contributed by atoms with Crippen LogP contribution in [0.2, 0.25) is 5.02 Å². The zero-order valence-electron chi connectivity index (χ0n) is 10.7. The summed E-state index contributed by atoms with van der Waals surface area (Å²) in [5.41, 5.74) is 2.74. The number of halogens is 3. The first-order valence-electron chi connectivity index (χ1n) is 5.91. The minimum Gasteiger partial charge on any atom is -0.309 e. The van der Waals surface area contributed by atoms with Gasteiger partial charge in [0.2, 0.25) is 0 Å². The highest BCUT2D eigenvalue weighted by Gasteiger charge is 2.18. The molecule has 0 bridgehead atoms. The second-order valence-electron chi connectivity index (χ2n) is 4.39. The Morgan fingerprint density at radius 2 is 1.89 bits per heavy atom. The van der Waals surface area contributed by atoms with E-state index in [1.807, 2.05) is 32.2 Å². The van der Waals surface area contributed by atoms with E-state index >= 15 is 0 Å². The van der Waals surface area contributed by atoms with Gasteiger partial charge in [-0.05, 0) is 49.4 Å². The predicted octanol–water partition coefficient (Wildman–Crippen LogP) is 4.86. The highest BCUT2D eigenvalue weighted by Crippen LogP contribution is 2.29. The first kappa shape index (κ1) is 14.5. The second kappa shape index (κ2) is 6.04. The van der Waals surface area contributed by atoms with Crippen molar-refractivity contribution < 1.29 is 4.39 Å². The summed E-state index contributed by atoms with van der Waals surface area (Å²) >= 11 is 9.25. The summed E-state index contributed by atoms with van der Waals surface area (Å²) in [6.07, 6.45) is 0. The summed E-state index contributed by atoms with van der Waals surface area (Å²) in [5.74, 6) is -0.300. The van der Waals surface area contributed by atoms with Crippen molar-refractivity contribution in [2.45, 2.75) is 13.0 Å². The maximum absolute atomic E-state index is 14.1. The molecule has 0 aromatic heterocycles. The van der Waals surface area contributed by atoms with Gasteiger partial charge < -0.3 is 5.32 Å². The van der Waals surface area contributed by atoms with Gasteiger partial charge in [-0.3, -0.25) is 0 Å².